The van der Waals surface area contributed by atoms with Gasteiger partial charge in [-0.1, -0.05) is 35.9 Å². The van der Waals surface area contributed by atoms with Crippen molar-refractivity contribution in [1.29, 1.82) is 0 Å². The van der Waals surface area contributed by atoms with E-state index in [0.717, 1.165) is 11.1 Å². The molecule has 0 fully saturated rings. The Bertz CT molecular complexity index is 1540. The van der Waals surface area contributed by atoms with Crippen molar-refractivity contribution in [3.05, 3.63) is 100 Å². The second kappa shape index (κ2) is 11.0. The van der Waals surface area contributed by atoms with Crippen LogP contribution in [-0.4, -0.2) is 34.9 Å². The molecule has 39 heavy (non-hydrogen) atoms. The van der Waals surface area contributed by atoms with Gasteiger partial charge in [0.2, 0.25) is 5.95 Å². The summed E-state index contributed by atoms with van der Waals surface area (Å²) in [4.78, 5) is 18.0. The van der Waals surface area contributed by atoms with Crippen LogP contribution in [-0.2, 0) is 11.4 Å². The highest BCUT2D eigenvalue weighted by Crippen LogP contribution is 2.39. The Morgan fingerprint density at radius 1 is 1.08 bits per heavy atom. The quantitative estimate of drug-likeness (QED) is 0.295. The number of amides is 1. The minimum atomic E-state index is -0.574. The summed E-state index contributed by atoms with van der Waals surface area (Å²) >= 11 is 6.23. The van der Waals surface area contributed by atoms with Gasteiger partial charge in [-0.3, -0.25) is 4.79 Å². The van der Waals surface area contributed by atoms with Gasteiger partial charge in [0, 0.05) is 17.8 Å². The lowest BCUT2D eigenvalue weighted by Crippen LogP contribution is -2.31. The van der Waals surface area contributed by atoms with Gasteiger partial charge in [0.05, 0.1) is 30.5 Å². The van der Waals surface area contributed by atoms with E-state index in [1.165, 1.54) is 32.7 Å². The number of ether oxygens (including phenoxy) is 3. The summed E-state index contributed by atoms with van der Waals surface area (Å²) in [5.41, 5.74) is 3.09. The summed E-state index contributed by atoms with van der Waals surface area (Å²) in [6.45, 7) is 2.10. The molecular weight excluding hydrogens is 525 g/mol. The van der Waals surface area contributed by atoms with Crippen LogP contribution in [0.2, 0.25) is 5.02 Å². The average molecular weight is 550 g/mol. The maximum absolute atomic E-state index is 13.7. The molecule has 0 saturated heterocycles. The highest BCUT2D eigenvalue weighted by atomic mass is 35.5. The standard InChI is InChI=1S/C28H25ClFN5O4/c1-16-25(27(36)34-22-13-23(37-2)21(29)12-24(22)38-3)26(35-28(33-16)31-15-32-35)18-6-10-20(11-7-18)39-14-17-4-8-19(30)9-5-17/h4-13,15,26H,14H2,1-3H3,(H,34,36)(H,31,32,33). The number of fused-ring (bicyclic) bond motifs is 1. The number of aromatic nitrogens is 3. The summed E-state index contributed by atoms with van der Waals surface area (Å²) in [6.07, 6.45) is 1.43. The first-order valence-electron chi connectivity index (χ1n) is 11.9. The summed E-state index contributed by atoms with van der Waals surface area (Å²) in [5.74, 6) is 1.25. The van der Waals surface area contributed by atoms with Crippen molar-refractivity contribution in [2.24, 2.45) is 0 Å². The fourth-order valence-corrected chi connectivity index (χ4v) is 4.57. The molecule has 1 aliphatic rings. The first kappa shape index (κ1) is 26.1. The molecule has 200 valence electrons. The maximum Gasteiger partial charge on any atom is 0.255 e. The molecule has 1 aliphatic heterocycles. The average Bonchev–Trinajstić information content (AvgIpc) is 3.41. The van der Waals surface area contributed by atoms with Crippen LogP contribution in [0.4, 0.5) is 16.0 Å². The number of hydrogen-bond donors (Lipinski definition) is 2. The molecule has 9 nitrogen and oxygen atoms in total. The van der Waals surface area contributed by atoms with Crippen LogP contribution < -0.4 is 24.8 Å². The van der Waals surface area contributed by atoms with Gasteiger partial charge in [-0.25, -0.2) is 9.07 Å². The van der Waals surface area contributed by atoms with Crippen LogP contribution in [0.25, 0.3) is 0 Å². The third-order valence-electron chi connectivity index (χ3n) is 6.28. The third-order valence-corrected chi connectivity index (χ3v) is 6.57. The van der Waals surface area contributed by atoms with E-state index in [4.69, 9.17) is 25.8 Å². The molecule has 0 bridgehead atoms. The number of halogens is 2. The van der Waals surface area contributed by atoms with Gasteiger partial charge in [-0.2, -0.15) is 10.1 Å². The van der Waals surface area contributed by atoms with Gasteiger partial charge in [0.25, 0.3) is 5.91 Å². The number of carbonyl (C=O) groups is 1. The fraction of sp³-hybridized carbons (Fsp3) is 0.179. The molecule has 0 radical (unpaired) electrons. The lowest BCUT2D eigenvalue weighted by molar-refractivity contribution is -0.113. The molecular formula is C28H25ClFN5O4. The van der Waals surface area contributed by atoms with Gasteiger partial charge < -0.3 is 24.8 Å². The van der Waals surface area contributed by atoms with E-state index in [-0.39, 0.29) is 11.7 Å². The van der Waals surface area contributed by atoms with Gasteiger partial charge in [0.1, 0.15) is 42.0 Å². The number of nitrogens with zero attached hydrogens (tertiary/aromatic N) is 3. The van der Waals surface area contributed by atoms with Crippen LogP contribution in [0.3, 0.4) is 0 Å². The second-order valence-corrected chi connectivity index (χ2v) is 9.13. The van der Waals surface area contributed by atoms with E-state index >= 15 is 0 Å². The molecule has 1 amide bonds. The number of benzene rings is 3. The van der Waals surface area contributed by atoms with E-state index in [9.17, 15) is 9.18 Å². The van der Waals surface area contributed by atoms with Gasteiger partial charge in [-0.05, 0) is 42.3 Å². The zero-order valence-electron chi connectivity index (χ0n) is 21.4. The van der Waals surface area contributed by atoms with Crippen LogP contribution in [0.5, 0.6) is 17.2 Å². The minimum absolute atomic E-state index is 0.291. The predicted molar refractivity (Wildman–Crippen MR) is 145 cm³/mol. The van der Waals surface area contributed by atoms with Gasteiger partial charge in [0.15, 0.2) is 0 Å². The van der Waals surface area contributed by atoms with Crippen molar-refractivity contribution in [2.45, 2.75) is 19.6 Å². The first-order valence-corrected chi connectivity index (χ1v) is 12.3. The molecule has 3 aromatic carbocycles. The normalized spacial score (nSPS) is 14.3. The molecule has 0 spiro atoms. The van der Waals surface area contributed by atoms with Crippen molar-refractivity contribution in [1.82, 2.24) is 14.8 Å². The second-order valence-electron chi connectivity index (χ2n) is 8.72. The van der Waals surface area contributed by atoms with Gasteiger partial charge >= 0.3 is 0 Å². The van der Waals surface area contributed by atoms with Crippen LogP contribution in [0.1, 0.15) is 24.1 Å². The zero-order valence-corrected chi connectivity index (χ0v) is 22.1. The first-order chi connectivity index (χ1) is 18.9. The van der Waals surface area contributed by atoms with Crippen LogP contribution >= 0.6 is 11.6 Å². The number of allylic oxidation sites excluding steroid dienone is 1. The lowest BCUT2D eigenvalue weighted by Gasteiger charge is -2.29. The molecule has 5 rings (SSSR count). The van der Waals surface area contributed by atoms with E-state index in [0.29, 0.717) is 51.8 Å². The topological polar surface area (TPSA) is 99.5 Å². The Balaban J connectivity index is 1.43. The van der Waals surface area contributed by atoms with E-state index in [1.54, 1.807) is 35.9 Å². The molecule has 1 unspecified atom stereocenters. The highest BCUT2D eigenvalue weighted by Gasteiger charge is 2.34. The minimum Gasteiger partial charge on any atom is -0.495 e. The maximum atomic E-state index is 13.7. The molecule has 1 aromatic heterocycles. The summed E-state index contributed by atoms with van der Waals surface area (Å²) in [5, 5.41) is 10.8. The smallest absolute Gasteiger partial charge is 0.255 e. The summed E-state index contributed by atoms with van der Waals surface area (Å²) in [7, 11) is 2.98. The number of rotatable bonds is 8. The Morgan fingerprint density at radius 2 is 1.79 bits per heavy atom. The predicted octanol–water partition coefficient (Wildman–Crippen LogP) is 5.59. The number of methoxy groups -OCH3 is 2. The molecule has 1 atom stereocenters. The van der Waals surface area contributed by atoms with Crippen molar-refractivity contribution in [3.8, 4) is 17.2 Å². The van der Waals surface area contributed by atoms with Crippen molar-refractivity contribution >= 4 is 29.1 Å². The third kappa shape index (κ3) is 5.37. The number of hydrogen-bond acceptors (Lipinski definition) is 7. The van der Waals surface area contributed by atoms with Gasteiger partial charge in [-0.15, -0.1) is 0 Å². The number of carbonyl (C=O) groups excluding carboxylic acids is 1. The molecule has 0 saturated carbocycles. The van der Waals surface area contributed by atoms with Crippen LogP contribution in [0, 0.1) is 5.82 Å². The summed E-state index contributed by atoms with van der Waals surface area (Å²) < 4.78 is 31.4. The lowest BCUT2D eigenvalue weighted by atomic mass is 9.95. The molecule has 2 N–H and O–H groups in total. The van der Waals surface area contributed by atoms with E-state index in [2.05, 4.69) is 20.7 Å². The number of nitrogens with one attached hydrogen (secondary N) is 2. The van der Waals surface area contributed by atoms with Crippen LogP contribution in [0.15, 0.2) is 78.3 Å². The Hall–Kier alpha value is -4.57. The Morgan fingerprint density at radius 3 is 2.49 bits per heavy atom. The van der Waals surface area contributed by atoms with E-state index in [1.807, 2.05) is 24.3 Å². The molecule has 2 heterocycles. The fourth-order valence-electron chi connectivity index (χ4n) is 4.33. The SMILES string of the molecule is COc1cc(NC(=O)C2=C(C)Nc3ncnn3C2c2ccc(OCc3ccc(F)cc3)cc2)c(OC)cc1Cl. The zero-order chi connectivity index (χ0) is 27.5. The monoisotopic (exact) mass is 549 g/mol. The van der Waals surface area contributed by atoms with Crippen molar-refractivity contribution in [2.75, 3.05) is 24.9 Å². The molecule has 11 heteroatoms. The highest BCUT2D eigenvalue weighted by molar-refractivity contribution is 6.32. The Kier molecular flexibility index (Phi) is 7.38. The number of anilines is 2. The summed E-state index contributed by atoms with van der Waals surface area (Å²) in [6, 6.07) is 16.1. The Labute approximate surface area is 229 Å². The van der Waals surface area contributed by atoms with E-state index < -0.39 is 6.04 Å². The van der Waals surface area contributed by atoms with Crippen molar-refractivity contribution < 1.29 is 23.4 Å². The largest absolute Gasteiger partial charge is 0.495 e. The van der Waals surface area contributed by atoms with Crippen molar-refractivity contribution in [3.63, 3.8) is 0 Å². The molecule has 4 aromatic rings. The molecule has 0 aliphatic carbocycles.